The van der Waals surface area contributed by atoms with Crippen LogP contribution in [-0.4, -0.2) is 25.7 Å². The minimum absolute atomic E-state index is 0.0332. The number of carbonyl (C=O) groups is 1. The molecule has 0 saturated heterocycles. The van der Waals surface area contributed by atoms with Crippen molar-refractivity contribution in [3.63, 3.8) is 0 Å². The molecular weight excluding hydrogens is 332 g/mol. The van der Waals surface area contributed by atoms with Gasteiger partial charge in [0.1, 0.15) is 5.75 Å². The number of anilines is 1. The van der Waals surface area contributed by atoms with Crippen LogP contribution in [0.25, 0.3) is 0 Å². The quantitative estimate of drug-likeness (QED) is 0.741. The molecule has 9 heteroatoms. The third-order valence-corrected chi connectivity index (χ3v) is 3.95. The molecule has 1 saturated carbocycles. The lowest BCUT2D eigenvalue weighted by atomic mass is 9.95. The molecule has 1 amide bonds. The summed E-state index contributed by atoms with van der Waals surface area (Å²) < 4.78 is 57.9. The lowest BCUT2D eigenvalue weighted by molar-refractivity contribution is -0.120. The van der Waals surface area contributed by atoms with Gasteiger partial charge in [0.15, 0.2) is 5.75 Å². The van der Waals surface area contributed by atoms with Crippen LogP contribution in [0.1, 0.15) is 19.3 Å². The highest BCUT2D eigenvalue weighted by Crippen LogP contribution is 2.35. The van der Waals surface area contributed by atoms with Crippen molar-refractivity contribution in [1.82, 2.24) is 0 Å². The second-order valence-corrected chi connectivity index (χ2v) is 5.44. The first-order valence-corrected chi connectivity index (χ1v) is 7.45. The van der Waals surface area contributed by atoms with Crippen LogP contribution in [0.2, 0.25) is 0 Å². The Kier molecular flexibility index (Phi) is 6.24. The van der Waals surface area contributed by atoms with Gasteiger partial charge in [0, 0.05) is 12.0 Å². The molecule has 5 nitrogen and oxygen atoms in total. The van der Waals surface area contributed by atoms with Crippen LogP contribution in [0.3, 0.4) is 0 Å². The summed E-state index contributed by atoms with van der Waals surface area (Å²) in [5.74, 6) is -1.43. The Morgan fingerprint density at radius 2 is 1.92 bits per heavy atom. The second kappa shape index (κ2) is 8.18. The topological polar surface area (TPSA) is 73.6 Å². The summed E-state index contributed by atoms with van der Waals surface area (Å²) in [4.78, 5) is 12.3. The molecule has 0 unspecified atom stereocenters. The van der Waals surface area contributed by atoms with Crippen molar-refractivity contribution in [2.45, 2.75) is 32.5 Å². The van der Waals surface area contributed by atoms with Crippen LogP contribution in [0.5, 0.6) is 11.5 Å². The number of carbonyl (C=O) groups excluding carboxylic acids is 1. The van der Waals surface area contributed by atoms with E-state index >= 15 is 0 Å². The number of nitrogens with one attached hydrogen (secondary N) is 1. The van der Waals surface area contributed by atoms with E-state index in [9.17, 15) is 22.4 Å². The van der Waals surface area contributed by atoms with Crippen LogP contribution in [-0.2, 0) is 4.79 Å². The second-order valence-electron chi connectivity index (χ2n) is 5.44. The molecule has 1 fully saturated rings. The standard InChI is InChI=1S/C15H18F4N2O3/c16-14(17)23-9-4-5-11(12(6-9)24-15(18)19)21-13(22)10-3-1-2-8(10)7-20/h4-6,8,10,14-15H,1-3,7,20H2,(H,21,22)/t8-,10-/m1/s1. The van der Waals surface area contributed by atoms with Gasteiger partial charge in [0.05, 0.1) is 5.69 Å². The molecule has 1 aromatic rings. The average molecular weight is 350 g/mol. The Morgan fingerprint density at radius 3 is 2.54 bits per heavy atom. The molecule has 1 aromatic carbocycles. The highest BCUT2D eigenvalue weighted by atomic mass is 19.3. The van der Waals surface area contributed by atoms with Gasteiger partial charge in [-0.3, -0.25) is 4.79 Å². The fourth-order valence-corrected chi connectivity index (χ4v) is 2.87. The molecule has 1 aliphatic rings. The number of halogens is 4. The molecule has 3 N–H and O–H groups in total. The molecular formula is C15H18F4N2O3. The monoisotopic (exact) mass is 350 g/mol. The normalized spacial score (nSPS) is 20.5. The number of rotatable bonds is 7. The fourth-order valence-electron chi connectivity index (χ4n) is 2.87. The zero-order chi connectivity index (χ0) is 17.7. The van der Waals surface area contributed by atoms with E-state index in [-0.39, 0.29) is 29.2 Å². The Hall–Kier alpha value is -2.03. The molecule has 0 radical (unpaired) electrons. The average Bonchev–Trinajstić information content (AvgIpc) is 2.97. The Morgan fingerprint density at radius 1 is 1.21 bits per heavy atom. The molecule has 0 heterocycles. The van der Waals surface area contributed by atoms with Gasteiger partial charge in [-0.05, 0) is 37.4 Å². The van der Waals surface area contributed by atoms with Crippen molar-refractivity contribution in [1.29, 1.82) is 0 Å². The van der Waals surface area contributed by atoms with Gasteiger partial charge in [0.2, 0.25) is 5.91 Å². The van der Waals surface area contributed by atoms with Crippen molar-refractivity contribution in [2.24, 2.45) is 17.6 Å². The lowest BCUT2D eigenvalue weighted by Crippen LogP contribution is -2.30. The minimum Gasteiger partial charge on any atom is -0.435 e. The van der Waals surface area contributed by atoms with Gasteiger partial charge in [-0.2, -0.15) is 17.6 Å². The SMILES string of the molecule is NC[C@H]1CCC[C@H]1C(=O)Nc1ccc(OC(F)F)cc1OC(F)F. The smallest absolute Gasteiger partial charge is 0.387 e. The highest BCUT2D eigenvalue weighted by Gasteiger charge is 2.32. The number of ether oxygens (including phenoxy) is 2. The summed E-state index contributed by atoms with van der Waals surface area (Å²) in [6.45, 7) is -5.92. The van der Waals surface area contributed by atoms with Crippen LogP contribution < -0.4 is 20.5 Å². The van der Waals surface area contributed by atoms with Crippen molar-refractivity contribution < 1.29 is 31.8 Å². The molecule has 0 aliphatic heterocycles. The maximum atomic E-state index is 12.5. The number of hydrogen-bond acceptors (Lipinski definition) is 4. The van der Waals surface area contributed by atoms with Crippen molar-refractivity contribution >= 4 is 11.6 Å². The molecule has 2 atom stereocenters. The van der Waals surface area contributed by atoms with E-state index in [0.29, 0.717) is 13.0 Å². The zero-order valence-corrected chi connectivity index (χ0v) is 12.7. The van der Waals surface area contributed by atoms with E-state index in [2.05, 4.69) is 14.8 Å². The van der Waals surface area contributed by atoms with Gasteiger partial charge in [-0.25, -0.2) is 0 Å². The van der Waals surface area contributed by atoms with E-state index in [1.54, 1.807) is 0 Å². The molecule has 2 rings (SSSR count). The van der Waals surface area contributed by atoms with Crippen molar-refractivity contribution in [3.8, 4) is 11.5 Å². The molecule has 0 bridgehead atoms. The maximum absolute atomic E-state index is 12.5. The van der Waals surface area contributed by atoms with Crippen molar-refractivity contribution in [3.05, 3.63) is 18.2 Å². The van der Waals surface area contributed by atoms with Gasteiger partial charge in [0.25, 0.3) is 0 Å². The van der Waals surface area contributed by atoms with E-state index < -0.39 is 19.0 Å². The molecule has 134 valence electrons. The highest BCUT2D eigenvalue weighted by molar-refractivity contribution is 5.94. The number of nitrogens with two attached hydrogens (primary N) is 1. The molecule has 1 aliphatic carbocycles. The Labute approximate surface area is 136 Å². The first-order valence-electron chi connectivity index (χ1n) is 7.45. The third kappa shape index (κ3) is 4.73. The van der Waals surface area contributed by atoms with Crippen LogP contribution in [0, 0.1) is 11.8 Å². The lowest BCUT2D eigenvalue weighted by Gasteiger charge is -2.19. The molecule has 24 heavy (non-hydrogen) atoms. The Balaban J connectivity index is 2.16. The summed E-state index contributed by atoms with van der Waals surface area (Å²) in [7, 11) is 0. The van der Waals surface area contributed by atoms with Crippen molar-refractivity contribution in [2.75, 3.05) is 11.9 Å². The number of alkyl halides is 4. The minimum atomic E-state index is -3.18. The van der Waals surface area contributed by atoms with Gasteiger partial charge >= 0.3 is 13.2 Å². The predicted molar refractivity (Wildman–Crippen MR) is 78.2 cm³/mol. The predicted octanol–water partition coefficient (Wildman–Crippen LogP) is 3.20. The van der Waals surface area contributed by atoms with Gasteiger partial charge in [-0.1, -0.05) is 6.42 Å². The first kappa shape index (κ1) is 18.3. The maximum Gasteiger partial charge on any atom is 0.387 e. The number of benzene rings is 1. The van der Waals surface area contributed by atoms with Gasteiger partial charge in [-0.15, -0.1) is 0 Å². The summed E-state index contributed by atoms with van der Waals surface area (Å²) in [5.41, 5.74) is 5.59. The molecule has 0 aromatic heterocycles. The van der Waals surface area contributed by atoms with E-state index in [0.717, 1.165) is 25.0 Å². The third-order valence-electron chi connectivity index (χ3n) is 3.95. The van der Waals surface area contributed by atoms with Crippen LogP contribution in [0.4, 0.5) is 23.2 Å². The zero-order valence-electron chi connectivity index (χ0n) is 12.7. The molecule has 0 spiro atoms. The summed E-state index contributed by atoms with van der Waals surface area (Å²) >= 11 is 0. The summed E-state index contributed by atoms with van der Waals surface area (Å²) in [6, 6.07) is 3.19. The van der Waals surface area contributed by atoms with E-state index in [4.69, 9.17) is 5.73 Å². The fraction of sp³-hybridized carbons (Fsp3) is 0.533. The number of hydrogen-bond donors (Lipinski definition) is 2. The largest absolute Gasteiger partial charge is 0.435 e. The van der Waals surface area contributed by atoms with Crippen LogP contribution in [0.15, 0.2) is 18.2 Å². The van der Waals surface area contributed by atoms with E-state index in [1.165, 1.54) is 6.07 Å². The number of amides is 1. The van der Waals surface area contributed by atoms with E-state index in [1.807, 2.05) is 0 Å². The summed E-state index contributed by atoms with van der Waals surface area (Å²) in [6.07, 6.45) is 2.35. The first-order chi connectivity index (χ1) is 11.4. The summed E-state index contributed by atoms with van der Waals surface area (Å²) in [5, 5.41) is 2.51. The Bertz CT molecular complexity index is 572. The van der Waals surface area contributed by atoms with Gasteiger partial charge < -0.3 is 20.5 Å². The van der Waals surface area contributed by atoms with Crippen LogP contribution >= 0.6 is 0 Å².